The summed E-state index contributed by atoms with van der Waals surface area (Å²) in [6, 6.07) is 8.36. The van der Waals surface area contributed by atoms with Crippen LogP contribution in [0.3, 0.4) is 0 Å². The van der Waals surface area contributed by atoms with Gasteiger partial charge in [-0.1, -0.05) is 12.1 Å². The van der Waals surface area contributed by atoms with Gasteiger partial charge in [0.25, 0.3) is 11.8 Å². The Morgan fingerprint density at radius 1 is 1.12 bits per heavy atom. The molecule has 1 N–H and O–H groups in total. The number of hydrogen-bond acceptors (Lipinski definition) is 3. The summed E-state index contributed by atoms with van der Waals surface area (Å²) < 4.78 is 1.97. The average Bonchev–Trinajstić information content (AvgIpc) is 3.00. The zero-order chi connectivity index (χ0) is 18.1. The standard InChI is InChI=1S/C19H19N3O3/c1-12(2)21-8-7-14(11-21)10-16-17(23)20-19(25)22(18(16)24)15-6-4-5-13(3)9-15/h4-12H,1-3H3,(H,20,23,25)/b16-10-. The number of benzene rings is 1. The Kier molecular flexibility index (Phi) is 4.27. The third-order valence-corrected chi connectivity index (χ3v) is 4.01. The van der Waals surface area contributed by atoms with Gasteiger partial charge in [0.2, 0.25) is 0 Å². The van der Waals surface area contributed by atoms with Gasteiger partial charge in [-0.2, -0.15) is 0 Å². The third-order valence-electron chi connectivity index (χ3n) is 4.01. The molecule has 6 nitrogen and oxygen atoms in total. The van der Waals surface area contributed by atoms with Gasteiger partial charge in [0.1, 0.15) is 5.57 Å². The maximum atomic E-state index is 12.8. The van der Waals surface area contributed by atoms with Crippen molar-refractivity contribution in [2.45, 2.75) is 26.8 Å². The predicted octanol–water partition coefficient (Wildman–Crippen LogP) is 3.04. The predicted molar refractivity (Wildman–Crippen MR) is 95.0 cm³/mol. The minimum absolute atomic E-state index is 0.0670. The highest BCUT2D eigenvalue weighted by molar-refractivity contribution is 6.39. The number of imide groups is 2. The molecule has 0 atom stereocenters. The Labute approximate surface area is 145 Å². The molecule has 1 aliphatic heterocycles. The molecule has 0 saturated carbocycles. The van der Waals surface area contributed by atoms with Gasteiger partial charge in [0.05, 0.1) is 5.69 Å². The quantitative estimate of drug-likeness (QED) is 0.691. The number of urea groups is 1. The van der Waals surface area contributed by atoms with Crippen LogP contribution in [0.5, 0.6) is 0 Å². The maximum Gasteiger partial charge on any atom is 0.335 e. The Morgan fingerprint density at radius 3 is 2.52 bits per heavy atom. The molecule has 6 heteroatoms. The molecule has 2 aromatic rings. The summed E-state index contributed by atoms with van der Waals surface area (Å²) >= 11 is 0. The van der Waals surface area contributed by atoms with Crippen LogP contribution in [-0.4, -0.2) is 22.4 Å². The van der Waals surface area contributed by atoms with Crippen LogP contribution in [0.4, 0.5) is 10.5 Å². The van der Waals surface area contributed by atoms with Crippen molar-refractivity contribution >= 4 is 29.6 Å². The van der Waals surface area contributed by atoms with Crippen molar-refractivity contribution in [2.75, 3.05) is 4.90 Å². The van der Waals surface area contributed by atoms with Crippen molar-refractivity contribution in [1.82, 2.24) is 9.88 Å². The molecule has 0 bridgehead atoms. The van der Waals surface area contributed by atoms with Crippen LogP contribution in [0.1, 0.15) is 31.0 Å². The highest BCUT2D eigenvalue weighted by Gasteiger charge is 2.36. The molecule has 2 heterocycles. The van der Waals surface area contributed by atoms with Gasteiger partial charge >= 0.3 is 6.03 Å². The van der Waals surface area contributed by atoms with Gasteiger partial charge < -0.3 is 4.57 Å². The summed E-state index contributed by atoms with van der Waals surface area (Å²) in [7, 11) is 0. The first-order valence-corrected chi connectivity index (χ1v) is 8.02. The lowest BCUT2D eigenvalue weighted by Gasteiger charge is -2.26. The number of carbonyl (C=O) groups is 3. The minimum atomic E-state index is -0.738. The van der Waals surface area contributed by atoms with Gasteiger partial charge in [-0.05, 0) is 56.2 Å². The van der Waals surface area contributed by atoms with Crippen LogP contribution in [0.25, 0.3) is 6.08 Å². The first-order valence-electron chi connectivity index (χ1n) is 8.02. The monoisotopic (exact) mass is 337 g/mol. The molecule has 0 aliphatic carbocycles. The van der Waals surface area contributed by atoms with Crippen LogP contribution in [-0.2, 0) is 9.59 Å². The van der Waals surface area contributed by atoms with Gasteiger partial charge in [0, 0.05) is 18.4 Å². The fourth-order valence-electron chi connectivity index (χ4n) is 2.66. The zero-order valence-corrected chi connectivity index (χ0v) is 14.3. The third kappa shape index (κ3) is 3.24. The smallest absolute Gasteiger partial charge is 0.335 e. The average molecular weight is 337 g/mol. The summed E-state index contributed by atoms with van der Waals surface area (Å²) in [5, 5.41) is 2.23. The molecule has 3 rings (SSSR count). The second-order valence-corrected chi connectivity index (χ2v) is 6.28. The molecular weight excluding hydrogens is 318 g/mol. The van der Waals surface area contributed by atoms with Crippen molar-refractivity contribution in [1.29, 1.82) is 0 Å². The summed E-state index contributed by atoms with van der Waals surface area (Å²) in [4.78, 5) is 38.1. The van der Waals surface area contributed by atoms with E-state index in [-0.39, 0.29) is 11.6 Å². The van der Waals surface area contributed by atoms with Crippen LogP contribution in [0, 0.1) is 6.92 Å². The molecule has 0 radical (unpaired) electrons. The lowest BCUT2D eigenvalue weighted by atomic mass is 10.1. The Hall–Kier alpha value is -3.15. The Bertz CT molecular complexity index is 893. The van der Waals surface area contributed by atoms with Crippen LogP contribution < -0.4 is 10.2 Å². The summed E-state index contributed by atoms with van der Waals surface area (Å²) in [6.45, 7) is 5.94. The first-order chi connectivity index (χ1) is 11.9. The SMILES string of the molecule is Cc1cccc(N2C(=O)NC(=O)/C(=C/c3ccn(C(C)C)c3)C2=O)c1. The maximum absolute atomic E-state index is 12.8. The number of nitrogens with zero attached hydrogens (tertiary/aromatic N) is 2. The number of hydrogen-bond donors (Lipinski definition) is 1. The normalized spacial score (nSPS) is 16.7. The molecule has 1 aliphatic rings. The van der Waals surface area contributed by atoms with E-state index in [1.807, 2.05) is 49.9 Å². The van der Waals surface area contributed by atoms with E-state index in [1.54, 1.807) is 18.2 Å². The van der Waals surface area contributed by atoms with E-state index in [0.717, 1.165) is 16.0 Å². The second-order valence-electron chi connectivity index (χ2n) is 6.28. The van der Waals surface area contributed by atoms with E-state index in [0.29, 0.717) is 5.69 Å². The summed E-state index contributed by atoms with van der Waals surface area (Å²) in [6.07, 6.45) is 5.24. The van der Waals surface area contributed by atoms with Crippen molar-refractivity contribution in [2.24, 2.45) is 0 Å². The van der Waals surface area contributed by atoms with Crippen LogP contribution >= 0.6 is 0 Å². The molecule has 25 heavy (non-hydrogen) atoms. The van der Waals surface area contributed by atoms with Crippen molar-refractivity contribution in [3.05, 3.63) is 59.4 Å². The summed E-state index contributed by atoms with van der Waals surface area (Å²) in [5.41, 5.74) is 2.00. The highest BCUT2D eigenvalue weighted by Crippen LogP contribution is 2.23. The molecular formula is C19H19N3O3. The fourth-order valence-corrected chi connectivity index (χ4v) is 2.66. The number of carbonyl (C=O) groups excluding carboxylic acids is 3. The zero-order valence-electron chi connectivity index (χ0n) is 14.3. The Morgan fingerprint density at radius 2 is 1.88 bits per heavy atom. The highest BCUT2D eigenvalue weighted by atomic mass is 16.2. The summed E-state index contributed by atoms with van der Waals surface area (Å²) in [5.74, 6) is -1.31. The fraction of sp³-hybridized carbons (Fsp3) is 0.211. The molecule has 1 aromatic heterocycles. The van der Waals surface area contributed by atoms with Gasteiger partial charge in [-0.15, -0.1) is 0 Å². The van der Waals surface area contributed by atoms with E-state index < -0.39 is 17.8 Å². The molecule has 4 amide bonds. The van der Waals surface area contributed by atoms with E-state index in [1.165, 1.54) is 6.08 Å². The number of rotatable bonds is 3. The Balaban J connectivity index is 1.99. The van der Waals surface area contributed by atoms with Gasteiger partial charge in [0.15, 0.2) is 0 Å². The number of aryl methyl sites for hydroxylation is 1. The van der Waals surface area contributed by atoms with Crippen molar-refractivity contribution in [3.63, 3.8) is 0 Å². The second kappa shape index (κ2) is 6.39. The van der Waals surface area contributed by atoms with Crippen LogP contribution in [0.15, 0.2) is 48.3 Å². The van der Waals surface area contributed by atoms with E-state index in [4.69, 9.17) is 0 Å². The number of aromatic nitrogens is 1. The molecule has 1 saturated heterocycles. The lowest BCUT2D eigenvalue weighted by Crippen LogP contribution is -2.54. The minimum Gasteiger partial charge on any atom is -0.351 e. The molecule has 0 spiro atoms. The van der Waals surface area contributed by atoms with Gasteiger partial charge in [-0.25, -0.2) is 9.69 Å². The largest absolute Gasteiger partial charge is 0.351 e. The number of barbiturate groups is 1. The first kappa shape index (κ1) is 16.7. The van der Waals surface area contributed by atoms with Gasteiger partial charge in [-0.3, -0.25) is 14.9 Å². The molecule has 1 aromatic carbocycles. The lowest BCUT2D eigenvalue weighted by molar-refractivity contribution is -0.122. The molecule has 1 fully saturated rings. The van der Waals surface area contributed by atoms with E-state index in [2.05, 4.69) is 5.32 Å². The van der Waals surface area contributed by atoms with Crippen molar-refractivity contribution in [3.8, 4) is 0 Å². The van der Waals surface area contributed by atoms with E-state index >= 15 is 0 Å². The number of amides is 4. The number of anilines is 1. The van der Waals surface area contributed by atoms with Crippen molar-refractivity contribution < 1.29 is 14.4 Å². The van der Waals surface area contributed by atoms with E-state index in [9.17, 15) is 14.4 Å². The molecule has 128 valence electrons. The molecule has 0 unspecified atom stereocenters. The van der Waals surface area contributed by atoms with Crippen LogP contribution in [0.2, 0.25) is 0 Å². The topological polar surface area (TPSA) is 71.4 Å². The number of nitrogens with one attached hydrogen (secondary N) is 1.